The molecule has 0 aliphatic heterocycles. The predicted molar refractivity (Wildman–Crippen MR) is 83.1 cm³/mol. The number of nitrogens with two attached hydrogens (primary N) is 1. The number of nitrogens with zero attached hydrogens (tertiary/aromatic N) is 1. The zero-order chi connectivity index (χ0) is 15.5. The largest absolute Gasteiger partial charge is 0.495 e. The molecule has 2 aromatic rings. The van der Waals surface area contributed by atoms with Crippen molar-refractivity contribution in [3.05, 3.63) is 53.1 Å². The van der Waals surface area contributed by atoms with E-state index in [0.717, 1.165) is 5.56 Å². The van der Waals surface area contributed by atoms with Gasteiger partial charge in [-0.2, -0.15) is 0 Å². The first kappa shape index (κ1) is 15.5. The van der Waals surface area contributed by atoms with Gasteiger partial charge in [0.1, 0.15) is 5.75 Å². The first-order valence-corrected chi connectivity index (χ1v) is 7.83. The summed E-state index contributed by atoms with van der Waals surface area (Å²) in [5, 5.41) is 5.51. The quantitative estimate of drug-likeness (QED) is 0.878. The summed E-state index contributed by atoms with van der Waals surface area (Å²) >= 11 is 6.01. The van der Waals surface area contributed by atoms with Crippen LogP contribution < -0.4 is 9.88 Å². The van der Waals surface area contributed by atoms with Crippen molar-refractivity contribution in [2.24, 2.45) is 10.1 Å². The van der Waals surface area contributed by atoms with Gasteiger partial charge in [0.25, 0.3) is 0 Å². The van der Waals surface area contributed by atoms with E-state index >= 15 is 0 Å². The standard InChI is InChI=1S/C14H13ClN2O3S/c1-20-14-7-2-10(8-13(14)15)9-17-11-3-5-12(6-4-11)21(16,18)19/h2-9H,1H3,(H2,16,18,19). The van der Waals surface area contributed by atoms with Crippen LogP contribution in [0.3, 0.4) is 0 Å². The molecule has 0 heterocycles. The SMILES string of the molecule is COc1ccc(C=Nc2ccc(S(N)(=O)=O)cc2)cc1Cl. The molecule has 110 valence electrons. The summed E-state index contributed by atoms with van der Waals surface area (Å²) < 4.78 is 27.3. The Labute approximate surface area is 128 Å². The van der Waals surface area contributed by atoms with Crippen molar-refractivity contribution < 1.29 is 13.2 Å². The van der Waals surface area contributed by atoms with E-state index in [0.29, 0.717) is 16.5 Å². The van der Waals surface area contributed by atoms with Crippen LogP contribution in [0.15, 0.2) is 52.4 Å². The molecule has 0 bridgehead atoms. The minimum absolute atomic E-state index is 0.0499. The Bertz CT molecular complexity index is 771. The van der Waals surface area contributed by atoms with Gasteiger partial charge in [0, 0.05) is 6.21 Å². The van der Waals surface area contributed by atoms with E-state index < -0.39 is 10.0 Å². The zero-order valence-electron chi connectivity index (χ0n) is 11.2. The van der Waals surface area contributed by atoms with Gasteiger partial charge in [-0.05, 0) is 48.0 Å². The number of ether oxygens (including phenoxy) is 1. The monoisotopic (exact) mass is 324 g/mol. The number of hydrogen-bond donors (Lipinski definition) is 1. The third kappa shape index (κ3) is 4.04. The molecule has 21 heavy (non-hydrogen) atoms. The number of rotatable bonds is 4. The van der Waals surface area contributed by atoms with Gasteiger partial charge in [-0.15, -0.1) is 0 Å². The lowest BCUT2D eigenvalue weighted by atomic mass is 10.2. The van der Waals surface area contributed by atoms with E-state index in [1.54, 1.807) is 37.6 Å². The van der Waals surface area contributed by atoms with Crippen molar-refractivity contribution in [1.29, 1.82) is 0 Å². The molecule has 0 amide bonds. The second kappa shape index (κ2) is 6.26. The van der Waals surface area contributed by atoms with Crippen LogP contribution in [-0.4, -0.2) is 21.7 Å². The van der Waals surface area contributed by atoms with E-state index in [1.165, 1.54) is 12.1 Å². The van der Waals surface area contributed by atoms with Crippen molar-refractivity contribution >= 4 is 33.5 Å². The molecule has 0 aliphatic rings. The number of methoxy groups -OCH3 is 1. The molecule has 2 aromatic carbocycles. The average Bonchev–Trinajstić information content (AvgIpc) is 2.45. The molecule has 0 atom stereocenters. The fourth-order valence-corrected chi connectivity index (χ4v) is 2.42. The molecule has 2 N–H and O–H groups in total. The van der Waals surface area contributed by atoms with Gasteiger partial charge in [0.15, 0.2) is 0 Å². The maximum Gasteiger partial charge on any atom is 0.238 e. The topological polar surface area (TPSA) is 81.8 Å². The maximum absolute atomic E-state index is 11.1. The molecule has 0 unspecified atom stereocenters. The van der Waals surface area contributed by atoms with Crippen molar-refractivity contribution in [3.63, 3.8) is 0 Å². The summed E-state index contributed by atoms with van der Waals surface area (Å²) in [7, 11) is -2.14. The molecule has 5 nitrogen and oxygen atoms in total. The average molecular weight is 325 g/mol. The Balaban J connectivity index is 2.19. The summed E-state index contributed by atoms with van der Waals surface area (Å²) in [6.45, 7) is 0. The first-order valence-electron chi connectivity index (χ1n) is 5.90. The van der Waals surface area contributed by atoms with Crippen LogP contribution in [0.2, 0.25) is 5.02 Å². The second-order valence-electron chi connectivity index (χ2n) is 4.19. The van der Waals surface area contributed by atoms with Gasteiger partial charge in [0.05, 0.1) is 22.7 Å². The van der Waals surface area contributed by atoms with Crippen molar-refractivity contribution in [3.8, 4) is 5.75 Å². The van der Waals surface area contributed by atoms with Crippen LogP contribution in [0.25, 0.3) is 0 Å². The predicted octanol–water partition coefficient (Wildman–Crippen LogP) is 2.75. The Morgan fingerprint density at radius 3 is 2.38 bits per heavy atom. The molecule has 2 rings (SSSR count). The molecule has 0 aromatic heterocycles. The summed E-state index contributed by atoms with van der Waals surface area (Å²) in [6, 6.07) is 11.2. The molecule has 0 saturated heterocycles. The van der Waals surface area contributed by atoms with Crippen LogP contribution in [0.5, 0.6) is 5.75 Å². The Morgan fingerprint density at radius 2 is 1.86 bits per heavy atom. The number of hydrogen-bond acceptors (Lipinski definition) is 4. The molecular weight excluding hydrogens is 312 g/mol. The van der Waals surface area contributed by atoms with E-state index in [1.807, 2.05) is 6.07 Å². The molecular formula is C14H13ClN2O3S. The highest BCUT2D eigenvalue weighted by Crippen LogP contribution is 2.24. The third-order valence-corrected chi connectivity index (χ3v) is 3.93. The smallest absolute Gasteiger partial charge is 0.238 e. The lowest BCUT2D eigenvalue weighted by molar-refractivity contribution is 0.415. The van der Waals surface area contributed by atoms with Gasteiger partial charge >= 0.3 is 0 Å². The summed E-state index contributed by atoms with van der Waals surface area (Å²) in [5.74, 6) is 0.589. The van der Waals surface area contributed by atoms with E-state index in [-0.39, 0.29) is 4.90 Å². The van der Waals surface area contributed by atoms with Crippen LogP contribution >= 0.6 is 11.6 Å². The summed E-state index contributed by atoms with van der Waals surface area (Å²) in [6.07, 6.45) is 1.62. The van der Waals surface area contributed by atoms with Crippen molar-refractivity contribution in [2.75, 3.05) is 7.11 Å². The number of aliphatic imine (C=N–C) groups is 1. The normalized spacial score (nSPS) is 11.8. The maximum atomic E-state index is 11.1. The van der Waals surface area contributed by atoms with E-state index in [4.69, 9.17) is 21.5 Å². The molecule has 7 heteroatoms. The van der Waals surface area contributed by atoms with Gasteiger partial charge in [-0.25, -0.2) is 13.6 Å². The second-order valence-corrected chi connectivity index (χ2v) is 6.16. The first-order chi connectivity index (χ1) is 9.90. The highest BCUT2D eigenvalue weighted by Gasteiger charge is 2.06. The van der Waals surface area contributed by atoms with Gasteiger partial charge in [0.2, 0.25) is 10.0 Å². The van der Waals surface area contributed by atoms with E-state index in [9.17, 15) is 8.42 Å². The molecule has 0 saturated carbocycles. The molecule has 0 fully saturated rings. The zero-order valence-corrected chi connectivity index (χ0v) is 12.7. The Morgan fingerprint density at radius 1 is 1.19 bits per heavy atom. The van der Waals surface area contributed by atoms with Crippen LogP contribution in [-0.2, 0) is 10.0 Å². The highest BCUT2D eigenvalue weighted by molar-refractivity contribution is 7.89. The van der Waals surface area contributed by atoms with Gasteiger partial charge in [-0.1, -0.05) is 11.6 Å². The van der Waals surface area contributed by atoms with Crippen LogP contribution in [0.1, 0.15) is 5.56 Å². The fraction of sp³-hybridized carbons (Fsp3) is 0.0714. The highest BCUT2D eigenvalue weighted by atomic mass is 35.5. The van der Waals surface area contributed by atoms with Crippen LogP contribution in [0, 0.1) is 0 Å². The minimum Gasteiger partial charge on any atom is -0.495 e. The van der Waals surface area contributed by atoms with Crippen molar-refractivity contribution in [2.45, 2.75) is 4.90 Å². The molecule has 0 aliphatic carbocycles. The summed E-state index contributed by atoms with van der Waals surface area (Å²) in [4.78, 5) is 4.29. The summed E-state index contributed by atoms with van der Waals surface area (Å²) in [5.41, 5.74) is 1.41. The molecule has 0 spiro atoms. The number of benzene rings is 2. The number of halogens is 1. The third-order valence-electron chi connectivity index (χ3n) is 2.70. The minimum atomic E-state index is -3.68. The molecule has 0 radical (unpaired) electrons. The van der Waals surface area contributed by atoms with E-state index in [2.05, 4.69) is 4.99 Å². The van der Waals surface area contributed by atoms with Gasteiger partial charge < -0.3 is 4.74 Å². The number of sulfonamides is 1. The fourth-order valence-electron chi connectivity index (χ4n) is 1.63. The van der Waals surface area contributed by atoms with Crippen molar-refractivity contribution in [1.82, 2.24) is 0 Å². The number of primary sulfonamides is 1. The van der Waals surface area contributed by atoms with Gasteiger partial charge in [-0.3, -0.25) is 4.99 Å². The lowest BCUT2D eigenvalue weighted by Gasteiger charge is -2.03. The Hall–Kier alpha value is -1.89. The lowest BCUT2D eigenvalue weighted by Crippen LogP contribution is -2.11. The van der Waals surface area contributed by atoms with Crippen LogP contribution in [0.4, 0.5) is 5.69 Å². The Kier molecular flexibility index (Phi) is 4.62.